The van der Waals surface area contributed by atoms with E-state index in [1.54, 1.807) is 7.11 Å². The first-order chi connectivity index (χ1) is 13.0. The third-order valence-electron chi connectivity index (χ3n) is 4.72. The van der Waals surface area contributed by atoms with Gasteiger partial charge >= 0.3 is 0 Å². The molecule has 0 spiro atoms. The van der Waals surface area contributed by atoms with E-state index in [2.05, 4.69) is 44.0 Å². The number of benzene rings is 2. The topological polar surface area (TPSA) is 34.1 Å². The zero-order valence-electron chi connectivity index (χ0n) is 17.2. The van der Waals surface area contributed by atoms with Crippen LogP contribution in [0.25, 0.3) is 0 Å². The lowest BCUT2D eigenvalue weighted by Gasteiger charge is -2.15. The minimum atomic E-state index is 0.113. The van der Waals surface area contributed by atoms with Crippen molar-refractivity contribution in [3.05, 3.63) is 59.2 Å². The van der Waals surface area contributed by atoms with E-state index < -0.39 is 0 Å². The number of aliphatic imine (C=N–C) groups is 1. The molecule has 0 aliphatic rings. The standard InChI is InChI=1S/C23H32N2O2/c1-6-25(4)17-24-22-16-23(26-5)21(15-18(22)2)13-10-14-27-19(3)20-11-8-7-9-12-20/h7-9,11-12,15-17,19H,6,10,13-14H2,1-5H3. The van der Waals surface area contributed by atoms with Gasteiger partial charge in [-0.3, -0.25) is 0 Å². The van der Waals surface area contributed by atoms with Crippen LogP contribution in [-0.2, 0) is 11.2 Å². The monoisotopic (exact) mass is 368 g/mol. The van der Waals surface area contributed by atoms with E-state index in [4.69, 9.17) is 9.47 Å². The number of ether oxygens (including phenoxy) is 2. The Morgan fingerprint density at radius 2 is 1.93 bits per heavy atom. The summed E-state index contributed by atoms with van der Waals surface area (Å²) >= 11 is 0. The molecule has 0 radical (unpaired) electrons. The van der Waals surface area contributed by atoms with Crippen molar-refractivity contribution in [2.75, 3.05) is 27.3 Å². The second kappa shape index (κ2) is 10.7. The highest BCUT2D eigenvalue weighted by atomic mass is 16.5. The van der Waals surface area contributed by atoms with Gasteiger partial charge in [0.1, 0.15) is 5.75 Å². The quantitative estimate of drug-likeness (QED) is 0.323. The molecule has 1 unspecified atom stereocenters. The number of rotatable bonds is 10. The van der Waals surface area contributed by atoms with Crippen LogP contribution < -0.4 is 4.74 Å². The fourth-order valence-corrected chi connectivity index (χ4v) is 2.85. The lowest BCUT2D eigenvalue weighted by Crippen LogP contribution is -2.14. The molecule has 0 aliphatic carbocycles. The van der Waals surface area contributed by atoms with E-state index >= 15 is 0 Å². The first-order valence-corrected chi connectivity index (χ1v) is 9.63. The molecule has 0 amide bonds. The number of hydrogen-bond donors (Lipinski definition) is 0. The Morgan fingerprint density at radius 1 is 1.19 bits per heavy atom. The van der Waals surface area contributed by atoms with Crippen molar-refractivity contribution < 1.29 is 9.47 Å². The lowest BCUT2D eigenvalue weighted by atomic mass is 10.0. The van der Waals surface area contributed by atoms with Gasteiger partial charge < -0.3 is 14.4 Å². The minimum Gasteiger partial charge on any atom is -0.496 e. The third-order valence-corrected chi connectivity index (χ3v) is 4.72. The van der Waals surface area contributed by atoms with Crippen LogP contribution >= 0.6 is 0 Å². The van der Waals surface area contributed by atoms with Crippen molar-refractivity contribution in [2.24, 2.45) is 4.99 Å². The summed E-state index contributed by atoms with van der Waals surface area (Å²) in [6.07, 6.45) is 3.85. The molecule has 0 fully saturated rings. The highest BCUT2D eigenvalue weighted by Crippen LogP contribution is 2.30. The van der Waals surface area contributed by atoms with Gasteiger partial charge in [-0.25, -0.2) is 4.99 Å². The minimum absolute atomic E-state index is 0.113. The Bertz CT molecular complexity index is 729. The summed E-state index contributed by atoms with van der Waals surface area (Å²) in [4.78, 5) is 6.62. The van der Waals surface area contributed by atoms with Gasteiger partial charge in [-0.2, -0.15) is 0 Å². The Kier molecular flexibility index (Phi) is 8.34. The molecule has 0 saturated carbocycles. The summed E-state index contributed by atoms with van der Waals surface area (Å²) in [5.41, 5.74) is 4.52. The number of hydrogen-bond acceptors (Lipinski definition) is 3. The van der Waals surface area contributed by atoms with Crippen LogP contribution in [0.4, 0.5) is 5.69 Å². The average molecular weight is 369 g/mol. The lowest BCUT2D eigenvalue weighted by molar-refractivity contribution is 0.0641. The van der Waals surface area contributed by atoms with Crippen LogP contribution in [0.3, 0.4) is 0 Å². The zero-order valence-corrected chi connectivity index (χ0v) is 17.2. The second-order valence-corrected chi connectivity index (χ2v) is 6.80. The van der Waals surface area contributed by atoms with Gasteiger partial charge in [0.15, 0.2) is 0 Å². The van der Waals surface area contributed by atoms with Crippen LogP contribution in [0.5, 0.6) is 5.75 Å². The van der Waals surface area contributed by atoms with E-state index in [0.29, 0.717) is 0 Å². The van der Waals surface area contributed by atoms with Crippen molar-refractivity contribution >= 4 is 12.0 Å². The summed E-state index contributed by atoms with van der Waals surface area (Å²) in [6.45, 7) is 7.94. The normalized spacial score (nSPS) is 12.3. The molecule has 4 nitrogen and oxygen atoms in total. The van der Waals surface area contributed by atoms with Crippen LogP contribution in [0, 0.1) is 6.92 Å². The summed E-state index contributed by atoms with van der Waals surface area (Å²) < 4.78 is 11.6. The third kappa shape index (κ3) is 6.40. The molecular formula is C23H32N2O2. The second-order valence-electron chi connectivity index (χ2n) is 6.80. The van der Waals surface area contributed by atoms with E-state index in [1.807, 2.05) is 42.6 Å². The predicted molar refractivity (Wildman–Crippen MR) is 113 cm³/mol. The van der Waals surface area contributed by atoms with E-state index in [-0.39, 0.29) is 6.10 Å². The maximum atomic E-state index is 5.98. The van der Waals surface area contributed by atoms with Crippen LogP contribution in [-0.4, -0.2) is 38.5 Å². The Hall–Kier alpha value is -2.33. The summed E-state index contributed by atoms with van der Waals surface area (Å²) in [6, 6.07) is 14.5. The van der Waals surface area contributed by atoms with Gasteiger partial charge in [-0.1, -0.05) is 36.4 Å². The Balaban J connectivity index is 1.94. The van der Waals surface area contributed by atoms with Crippen molar-refractivity contribution in [3.8, 4) is 5.75 Å². The molecule has 0 heterocycles. The zero-order chi connectivity index (χ0) is 19.6. The average Bonchev–Trinajstić information content (AvgIpc) is 2.70. The molecule has 0 bridgehead atoms. The largest absolute Gasteiger partial charge is 0.496 e. The van der Waals surface area contributed by atoms with Gasteiger partial charge in [0, 0.05) is 26.3 Å². The van der Waals surface area contributed by atoms with Crippen molar-refractivity contribution in [2.45, 2.75) is 39.7 Å². The van der Waals surface area contributed by atoms with Gasteiger partial charge in [-0.05, 0) is 50.3 Å². The fraction of sp³-hybridized carbons (Fsp3) is 0.435. The number of nitrogens with zero attached hydrogens (tertiary/aromatic N) is 2. The maximum Gasteiger partial charge on any atom is 0.124 e. The van der Waals surface area contributed by atoms with Gasteiger partial charge in [-0.15, -0.1) is 0 Å². The fourth-order valence-electron chi connectivity index (χ4n) is 2.85. The number of aryl methyl sites for hydroxylation is 2. The first kappa shape index (κ1) is 21.0. The maximum absolute atomic E-state index is 5.98. The molecular weight excluding hydrogens is 336 g/mol. The van der Waals surface area contributed by atoms with Crippen molar-refractivity contribution in [1.82, 2.24) is 4.90 Å². The summed E-state index contributed by atoms with van der Waals surface area (Å²) in [5.74, 6) is 0.892. The molecule has 2 aromatic rings. The van der Waals surface area contributed by atoms with Crippen LogP contribution in [0.2, 0.25) is 0 Å². The molecule has 2 rings (SSSR count). The summed E-state index contributed by atoms with van der Waals surface area (Å²) in [7, 11) is 3.73. The molecule has 1 atom stereocenters. The molecule has 0 aliphatic heterocycles. The molecule has 2 aromatic carbocycles. The summed E-state index contributed by atoms with van der Waals surface area (Å²) in [5, 5.41) is 0. The predicted octanol–water partition coefficient (Wildman–Crippen LogP) is 5.33. The van der Waals surface area contributed by atoms with Crippen LogP contribution in [0.1, 0.15) is 43.1 Å². The SMILES string of the molecule is CCN(C)C=Nc1cc(OC)c(CCCOC(C)c2ccccc2)cc1C. The van der Waals surface area contributed by atoms with Gasteiger partial charge in [0.05, 0.1) is 25.2 Å². The Morgan fingerprint density at radius 3 is 2.59 bits per heavy atom. The number of methoxy groups -OCH3 is 1. The van der Waals surface area contributed by atoms with Gasteiger partial charge in [0.2, 0.25) is 0 Å². The molecule has 146 valence electrons. The van der Waals surface area contributed by atoms with Gasteiger partial charge in [0.25, 0.3) is 0 Å². The van der Waals surface area contributed by atoms with E-state index in [9.17, 15) is 0 Å². The highest BCUT2D eigenvalue weighted by molar-refractivity contribution is 5.64. The smallest absolute Gasteiger partial charge is 0.124 e. The van der Waals surface area contributed by atoms with Crippen molar-refractivity contribution in [3.63, 3.8) is 0 Å². The molecule has 4 heteroatoms. The molecule has 0 N–H and O–H groups in total. The Labute approximate surface area is 163 Å². The van der Waals surface area contributed by atoms with Crippen molar-refractivity contribution in [1.29, 1.82) is 0 Å². The highest BCUT2D eigenvalue weighted by Gasteiger charge is 2.09. The molecule has 27 heavy (non-hydrogen) atoms. The van der Waals surface area contributed by atoms with E-state index in [1.165, 1.54) is 11.1 Å². The van der Waals surface area contributed by atoms with Crippen LogP contribution in [0.15, 0.2) is 47.5 Å². The molecule has 0 aromatic heterocycles. The first-order valence-electron chi connectivity index (χ1n) is 9.63. The van der Waals surface area contributed by atoms with E-state index in [0.717, 1.165) is 43.0 Å². The molecule has 0 saturated heterocycles.